The van der Waals surface area contributed by atoms with Gasteiger partial charge in [0.15, 0.2) is 0 Å². The Hall–Kier alpha value is -4.01. The van der Waals surface area contributed by atoms with Crippen LogP contribution >= 0.6 is 0 Å². The van der Waals surface area contributed by atoms with Crippen molar-refractivity contribution in [2.75, 3.05) is 36.6 Å². The number of nitrogens with one attached hydrogen (secondary N) is 3. The standard InChI is InChI=1S/C25H30FN7O/c1-7-33(6)14-22-17(4)31-23(13-28-22)30-16(3)20-11-19(8-9-21(20)26)32-25(34)18-10-15(2)24(27-5)29-12-18/h8-14,16H,4,7H2,1-3,5-6H3,(H,27,29)(H,30,31)(H,32,34)/b22-14+. The number of carbonyl (C=O) groups is 1. The van der Waals surface area contributed by atoms with E-state index in [1.54, 1.807) is 25.4 Å². The van der Waals surface area contributed by atoms with Crippen LogP contribution in [0.4, 0.5) is 21.7 Å². The number of halogens is 1. The SMILES string of the molecule is C=c1nc(NC(C)c2cc(NC(=O)c3cnc(NC)c(C)c3)ccc2F)cn/c1=C/N(C)CC. The van der Waals surface area contributed by atoms with E-state index < -0.39 is 11.9 Å². The number of benzene rings is 1. The summed E-state index contributed by atoms with van der Waals surface area (Å²) in [7, 11) is 3.71. The number of aromatic nitrogens is 3. The van der Waals surface area contributed by atoms with Crippen molar-refractivity contribution in [1.82, 2.24) is 19.9 Å². The molecule has 8 nitrogen and oxygen atoms in total. The van der Waals surface area contributed by atoms with Crippen molar-refractivity contribution in [1.29, 1.82) is 0 Å². The summed E-state index contributed by atoms with van der Waals surface area (Å²) in [6.45, 7) is 10.5. The van der Waals surface area contributed by atoms with E-state index >= 15 is 0 Å². The summed E-state index contributed by atoms with van der Waals surface area (Å²) in [5.41, 5.74) is 2.12. The molecule has 3 rings (SSSR count). The molecule has 178 valence electrons. The molecule has 34 heavy (non-hydrogen) atoms. The molecule has 3 aromatic rings. The van der Waals surface area contributed by atoms with Gasteiger partial charge < -0.3 is 20.9 Å². The average molecular weight is 464 g/mol. The highest BCUT2D eigenvalue weighted by atomic mass is 19.1. The van der Waals surface area contributed by atoms with E-state index in [0.29, 0.717) is 39.1 Å². The molecule has 0 bridgehead atoms. The topological polar surface area (TPSA) is 95.1 Å². The van der Waals surface area contributed by atoms with Gasteiger partial charge in [-0.05, 0) is 50.6 Å². The lowest BCUT2D eigenvalue weighted by atomic mass is 10.1. The Bertz CT molecular complexity index is 1290. The van der Waals surface area contributed by atoms with Crippen LogP contribution in [0.15, 0.2) is 36.7 Å². The molecule has 0 radical (unpaired) electrons. The molecule has 0 aliphatic heterocycles. The number of hydrogen-bond donors (Lipinski definition) is 3. The van der Waals surface area contributed by atoms with Crippen molar-refractivity contribution in [3.05, 3.63) is 69.9 Å². The van der Waals surface area contributed by atoms with Gasteiger partial charge >= 0.3 is 0 Å². The number of rotatable bonds is 8. The van der Waals surface area contributed by atoms with E-state index in [4.69, 9.17) is 0 Å². The van der Waals surface area contributed by atoms with Crippen molar-refractivity contribution in [3.8, 4) is 0 Å². The fourth-order valence-electron chi connectivity index (χ4n) is 3.33. The number of pyridine rings is 1. The maximum absolute atomic E-state index is 14.6. The molecule has 0 saturated heterocycles. The molecule has 1 atom stereocenters. The number of hydrogen-bond acceptors (Lipinski definition) is 7. The van der Waals surface area contributed by atoms with Crippen LogP contribution in [0.25, 0.3) is 12.8 Å². The third-order valence-electron chi connectivity index (χ3n) is 5.38. The molecule has 0 spiro atoms. The summed E-state index contributed by atoms with van der Waals surface area (Å²) in [6.07, 6.45) is 4.96. The van der Waals surface area contributed by atoms with Gasteiger partial charge in [-0.15, -0.1) is 0 Å². The van der Waals surface area contributed by atoms with Gasteiger partial charge in [-0.25, -0.2) is 19.3 Å². The lowest BCUT2D eigenvalue weighted by Crippen LogP contribution is -2.33. The van der Waals surface area contributed by atoms with Crippen LogP contribution in [0.5, 0.6) is 0 Å². The van der Waals surface area contributed by atoms with Crippen molar-refractivity contribution in [2.24, 2.45) is 0 Å². The van der Waals surface area contributed by atoms with Crippen LogP contribution in [0, 0.1) is 12.7 Å². The third-order valence-corrected chi connectivity index (χ3v) is 5.38. The zero-order valence-electron chi connectivity index (χ0n) is 20.1. The number of nitrogens with zero attached hydrogens (tertiary/aromatic N) is 4. The Kier molecular flexibility index (Phi) is 7.78. The first-order valence-electron chi connectivity index (χ1n) is 11.0. The van der Waals surface area contributed by atoms with Gasteiger partial charge in [-0.2, -0.15) is 0 Å². The number of anilines is 3. The average Bonchev–Trinajstić information content (AvgIpc) is 2.81. The Morgan fingerprint density at radius 1 is 1.26 bits per heavy atom. The number of carbonyl (C=O) groups excluding carboxylic acids is 1. The summed E-state index contributed by atoms with van der Waals surface area (Å²) in [4.78, 5) is 27.7. The molecule has 2 aromatic heterocycles. The van der Waals surface area contributed by atoms with Gasteiger partial charge in [0.05, 0.1) is 23.2 Å². The summed E-state index contributed by atoms with van der Waals surface area (Å²) in [5.74, 6) is 0.463. The van der Waals surface area contributed by atoms with Crippen molar-refractivity contribution < 1.29 is 9.18 Å². The maximum atomic E-state index is 14.6. The van der Waals surface area contributed by atoms with E-state index in [-0.39, 0.29) is 5.91 Å². The van der Waals surface area contributed by atoms with Crippen molar-refractivity contribution in [2.45, 2.75) is 26.8 Å². The molecule has 1 aromatic carbocycles. The predicted molar refractivity (Wildman–Crippen MR) is 134 cm³/mol. The van der Waals surface area contributed by atoms with Gasteiger partial charge in [0.25, 0.3) is 5.91 Å². The van der Waals surface area contributed by atoms with Crippen LogP contribution in [0.2, 0.25) is 0 Å². The molecule has 0 saturated carbocycles. The molecule has 3 N–H and O–H groups in total. The zero-order chi connectivity index (χ0) is 24.8. The molecule has 0 aliphatic rings. The lowest BCUT2D eigenvalue weighted by molar-refractivity contribution is 0.102. The van der Waals surface area contributed by atoms with E-state index in [2.05, 4.69) is 37.5 Å². The van der Waals surface area contributed by atoms with Crippen molar-refractivity contribution >= 4 is 36.0 Å². The second kappa shape index (κ2) is 10.7. The zero-order valence-corrected chi connectivity index (χ0v) is 20.1. The minimum atomic E-state index is -0.433. The van der Waals surface area contributed by atoms with E-state index in [0.717, 1.165) is 12.1 Å². The molecule has 0 fully saturated rings. The van der Waals surface area contributed by atoms with Crippen LogP contribution in [-0.2, 0) is 0 Å². The fraction of sp³-hybridized carbons (Fsp3) is 0.280. The lowest BCUT2D eigenvalue weighted by Gasteiger charge is -2.17. The van der Waals surface area contributed by atoms with E-state index in [1.165, 1.54) is 18.3 Å². The summed E-state index contributed by atoms with van der Waals surface area (Å²) < 4.78 is 14.6. The van der Waals surface area contributed by atoms with E-state index in [1.807, 2.05) is 38.9 Å². The Balaban J connectivity index is 1.77. The monoisotopic (exact) mass is 463 g/mol. The van der Waals surface area contributed by atoms with Crippen LogP contribution in [0.1, 0.15) is 41.4 Å². The van der Waals surface area contributed by atoms with Gasteiger partial charge in [0.2, 0.25) is 0 Å². The largest absolute Gasteiger partial charge is 0.379 e. The molecule has 1 amide bonds. The summed E-state index contributed by atoms with van der Waals surface area (Å²) in [6, 6.07) is 5.77. The molecule has 1 unspecified atom stereocenters. The van der Waals surface area contributed by atoms with Crippen LogP contribution in [0.3, 0.4) is 0 Å². The number of aryl methyl sites for hydroxylation is 1. The van der Waals surface area contributed by atoms with Gasteiger partial charge in [-0.1, -0.05) is 6.58 Å². The smallest absolute Gasteiger partial charge is 0.257 e. The van der Waals surface area contributed by atoms with E-state index in [9.17, 15) is 9.18 Å². The molecule has 2 heterocycles. The van der Waals surface area contributed by atoms with Gasteiger partial charge in [0.1, 0.15) is 22.8 Å². The summed E-state index contributed by atoms with van der Waals surface area (Å²) in [5, 5.41) is 10.1. The first-order chi connectivity index (χ1) is 16.2. The highest BCUT2D eigenvalue weighted by Crippen LogP contribution is 2.24. The quantitative estimate of drug-likeness (QED) is 0.473. The Morgan fingerprint density at radius 3 is 2.68 bits per heavy atom. The van der Waals surface area contributed by atoms with Crippen molar-refractivity contribution in [3.63, 3.8) is 0 Å². The first kappa shape index (κ1) is 24.6. The fourth-order valence-corrected chi connectivity index (χ4v) is 3.33. The second-order valence-electron chi connectivity index (χ2n) is 7.99. The minimum absolute atomic E-state index is 0.326. The normalized spacial score (nSPS) is 12.2. The third kappa shape index (κ3) is 5.86. The van der Waals surface area contributed by atoms with Gasteiger partial charge in [-0.3, -0.25) is 4.79 Å². The minimum Gasteiger partial charge on any atom is -0.379 e. The Labute approximate surface area is 198 Å². The molecule has 9 heteroatoms. The highest BCUT2D eigenvalue weighted by Gasteiger charge is 2.15. The molecular weight excluding hydrogens is 433 g/mol. The predicted octanol–water partition coefficient (Wildman–Crippen LogP) is 2.89. The Morgan fingerprint density at radius 2 is 2.03 bits per heavy atom. The molecule has 0 aliphatic carbocycles. The maximum Gasteiger partial charge on any atom is 0.257 e. The number of amides is 1. The van der Waals surface area contributed by atoms with Crippen LogP contribution in [-0.4, -0.2) is 46.4 Å². The van der Waals surface area contributed by atoms with Crippen LogP contribution < -0.4 is 26.6 Å². The summed E-state index contributed by atoms with van der Waals surface area (Å²) >= 11 is 0. The second-order valence-corrected chi connectivity index (χ2v) is 7.99. The van der Waals surface area contributed by atoms with Gasteiger partial charge in [0, 0.05) is 44.3 Å². The first-order valence-corrected chi connectivity index (χ1v) is 11.0. The highest BCUT2D eigenvalue weighted by molar-refractivity contribution is 6.04. The molecular formula is C25H30FN7O.